The average molecular weight is 617 g/mol. The summed E-state index contributed by atoms with van der Waals surface area (Å²) in [5, 5.41) is 11.8. The molecule has 3 aromatic heterocycles. The van der Waals surface area contributed by atoms with Crippen molar-refractivity contribution in [2.75, 3.05) is 17.7 Å². The van der Waals surface area contributed by atoms with Crippen LogP contribution in [0.15, 0.2) is 63.8 Å². The Morgan fingerprint density at radius 2 is 1.66 bits per heavy atom. The molecule has 2 N–H and O–H groups in total. The van der Waals surface area contributed by atoms with Crippen molar-refractivity contribution in [3.8, 4) is 11.4 Å². The molecule has 0 radical (unpaired) electrons. The van der Waals surface area contributed by atoms with Gasteiger partial charge in [-0.1, -0.05) is 17.4 Å². The van der Waals surface area contributed by atoms with Gasteiger partial charge in [-0.15, -0.1) is 10.2 Å². The molecule has 0 spiro atoms. The smallest absolute Gasteiger partial charge is 0.300 e. The lowest BCUT2D eigenvalue weighted by Crippen LogP contribution is -2.15. The van der Waals surface area contributed by atoms with Crippen LogP contribution < -0.4 is 5.32 Å². The van der Waals surface area contributed by atoms with Crippen LogP contribution >= 0.6 is 34.5 Å². The number of anilines is 2. The Bertz CT molecular complexity index is 1670. The number of nitrogens with one attached hydrogen (secondary N) is 1. The molecule has 0 aliphatic carbocycles. The van der Waals surface area contributed by atoms with E-state index < -0.39 is 32.6 Å². The number of hydrogen-bond donors (Lipinski definition) is 2. The molecule has 0 fully saturated rings. The van der Waals surface area contributed by atoms with Gasteiger partial charge in [-0.05, 0) is 59.6 Å². The molecule has 19 heteroatoms. The van der Waals surface area contributed by atoms with Gasteiger partial charge in [-0.25, -0.2) is 17.6 Å². The minimum Gasteiger partial charge on any atom is -0.300 e. The minimum absolute atomic E-state index is 0.0681. The third-order valence-corrected chi connectivity index (χ3v) is 7.70. The van der Waals surface area contributed by atoms with Gasteiger partial charge >= 0.3 is 10.4 Å². The highest BCUT2D eigenvalue weighted by Crippen LogP contribution is 2.39. The first-order valence-electron chi connectivity index (χ1n) is 10.1. The molecule has 0 amide bonds. The number of hydrogen-bond acceptors (Lipinski definition) is 14. The van der Waals surface area contributed by atoms with E-state index in [1.165, 1.54) is 24.3 Å². The van der Waals surface area contributed by atoms with Crippen LogP contribution in [0, 0.1) is 0 Å². The Morgan fingerprint density at radius 3 is 2.29 bits per heavy atom. The second-order valence-electron chi connectivity index (χ2n) is 6.97. The summed E-state index contributed by atoms with van der Waals surface area (Å²) in [5.74, 6) is -0.589. The topological polar surface area (TPSA) is 199 Å². The lowest BCUT2D eigenvalue weighted by molar-refractivity contribution is 0.284. The lowest BCUT2D eigenvalue weighted by Gasteiger charge is -2.04. The van der Waals surface area contributed by atoms with E-state index in [4.69, 9.17) is 27.8 Å². The highest BCUT2D eigenvalue weighted by Gasteiger charge is 2.18. The van der Waals surface area contributed by atoms with Crippen LogP contribution in [-0.4, -0.2) is 58.7 Å². The zero-order valence-electron chi connectivity index (χ0n) is 18.6. The molecule has 1 aromatic carbocycles. The largest absolute Gasteiger partial charge is 0.397 e. The van der Waals surface area contributed by atoms with Gasteiger partial charge in [0.15, 0.2) is 20.0 Å². The molecule has 0 aliphatic heterocycles. The van der Waals surface area contributed by atoms with Crippen LogP contribution in [0.3, 0.4) is 0 Å². The zero-order valence-corrected chi connectivity index (χ0v) is 22.6. The second-order valence-corrected chi connectivity index (χ2v) is 11.8. The van der Waals surface area contributed by atoms with Gasteiger partial charge in [0, 0.05) is 6.20 Å². The number of pyridine rings is 1. The van der Waals surface area contributed by atoms with E-state index in [2.05, 4.69) is 44.6 Å². The van der Waals surface area contributed by atoms with Crippen LogP contribution in [0.5, 0.6) is 0 Å². The van der Waals surface area contributed by atoms with E-state index in [0.717, 1.165) is 11.3 Å². The van der Waals surface area contributed by atoms with Crippen LogP contribution in [0.4, 0.5) is 21.8 Å². The predicted octanol–water partition coefficient (Wildman–Crippen LogP) is 4.45. The highest BCUT2D eigenvalue weighted by molar-refractivity contribution is 7.91. The quantitative estimate of drug-likeness (QED) is 0.187. The van der Waals surface area contributed by atoms with Crippen molar-refractivity contribution in [2.45, 2.75) is 4.90 Å². The highest BCUT2D eigenvalue weighted by atomic mass is 35.5. The first-order valence-corrected chi connectivity index (χ1v) is 14.7. The van der Waals surface area contributed by atoms with E-state index in [0.29, 0.717) is 27.2 Å². The fraction of sp³-hybridized carbons (Fsp3) is 0.105. The van der Waals surface area contributed by atoms with Gasteiger partial charge in [0.2, 0.25) is 16.5 Å². The summed E-state index contributed by atoms with van der Waals surface area (Å²) in [6.07, 6.45) is 1.59. The fourth-order valence-electron chi connectivity index (χ4n) is 2.77. The normalized spacial score (nSPS) is 12.2. The number of aromatic nitrogens is 5. The number of nitrogens with zero attached hydrogens (tertiary/aromatic N) is 7. The first kappa shape index (κ1) is 27.8. The Labute approximate surface area is 229 Å². The lowest BCUT2D eigenvalue weighted by atomic mass is 10.3. The van der Waals surface area contributed by atoms with Gasteiger partial charge in [-0.2, -0.15) is 23.4 Å². The Kier molecular flexibility index (Phi) is 8.56. The first-order chi connectivity index (χ1) is 18.0. The Hall–Kier alpha value is -3.19. The van der Waals surface area contributed by atoms with Crippen LogP contribution in [0.25, 0.3) is 11.4 Å². The number of thiazole rings is 1. The van der Waals surface area contributed by atoms with Gasteiger partial charge in [0.1, 0.15) is 5.69 Å². The molecule has 198 valence electrons. The molecule has 0 aliphatic rings. The molecule has 0 atom stereocenters. The van der Waals surface area contributed by atoms with Gasteiger partial charge in [0.05, 0.1) is 28.6 Å². The molecule has 4 rings (SSSR count). The van der Waals surface area contributed by atoms with Crippen molar-refractivity contribution in [3.05, 3.63) is 59.2 Å². The zero-order chi connectivity index (χ0) is 27.3. The van der Waals surface area contributed by atoms with E-state index in [9.17, 15) is 16.8 Å². The number of sulfone groups is 1. The van der Waals surface area contributed by atoms with Crippen LogP contribution in [0.1, 0.15) is 0 Å². The monoisotopic (exact) mass is 616 g/mol. The van der Waals surface area contributed by atoms with Crippen LogP contribution in [0.2, 0.25) is 10.6 Å². The molecule has 38 heavy (non-hydrogen) atoms. The number of rotatable bonds is 10. The molecule has 3 heterocycles. The summed E-state index contributed by atoms with van der Waals surface area (Å²) in [5.41, 5.74) is 1.25. The minimum atomic E-state index is -4.74. The number of halogens is 2. The molecule has 0 saturated carbocycles. The third kappa shape index (κ3) is 7.67. The van der Waals surface area contributed by atoms with Crippen molar-refractivity contribution in [3.63, 3.8) is 0 Å². The van der Waals surface area contributed by atoms with E-state index in [1.807, 2.05) is 0 Å². The second kappa shape index (κ2) is 11.7. The summed E-state index contributed by atoms with van der Waals surface area (Å²) in [4.78, 5) is 20.3. The summed E-state index contributed by atoms with van der Waals surface area (Å²) >= 11 is 12.8. The number of benzene rings is 1. The Balaban J connectivity index is 1.56. The van der Waals surface area contributed by atoms with Gasteiger partial charge < -0.3 is 0 Å². The molecule has 0 saturated heterocycles. The van der Waals surface area contributed by atoms with E-state index in [-0.39, 0.29) is 21.4 Å². The SMILES string of the molecule is O=S(=O)(O)OCCS(=O)(=O)c1ccc(N=Nc2sc(Nc3nc(Cl)nc(Cl)n3)nc2-c2ccccn2)cc1. The van der Waals surface area contributed by atoms with Crippen molar-refractivity contribution in [1.29, 1.82) is 0 Å². The maximum atomic E-state index is 12.3. The van der Waals surface area contributed by atoms with Crippen molar-refractivity contribution < 1.29 is 25.6 Å². The third-order valence-electron chi connectivity index (χ3n) is 4.35. The molecule has 4 aromatic rings. The summed E-state index contributed by atoms with van der Waals surface area (Å²) in [6.45, 7) is -0.733. The van der Waals surface area contributed by atoms with Crippen molar-refractivity contribution in [1.82, 2.24) is 24.9 Å². The average Bonchev–Trinajstić information content (AvgIpc) is 3.24. The van der Waals surface area contributed by atoms with Crippen molar-refractivity contribution >= 4 is 76.5 Å². The van der Waals surface area contributed by atoms with E-state index in [1.54, 1.807) is 24.4 Å². The molecule has 0 unspecified atom stereocenters. The molecule has 14 nitrogen and oxygen atoms in total. The fourth-order valence-corrected chi connectivity index (χ4v) is 5.41. The molecular formula is C19H14Cl2N8O6S3. The van der Waals surface area contributed by atoms with E-state index >= 15 is 0 Å². The van der Waals surface area contributed by atoms with Crippen LogP contribution in [-0.2, 0) is 24.4 Å². The maximum Gasteiger partial charge on any atom is 0.397 e. The van der Waals surface area contributed by atoms with Crippen molar-refractivity contribution in [2.24, 2.45) is 10.2 Å². The summed E-state index contributed by atoms with van der Waals surface area (Å²) in [7, 11) is -8.61. The maximum absolute atomic E-state index is 12.3. The summed E-state index contributed by atoms with van der Waals surface area (Å²) in [6, 6.07) is 10.6. The van der Waals surface area contributed by atoms with Gasteiger partial charge in [0.25, 0.3) is 0 Å². The molecule has 0 bridgehead atoms. The molecular weight excluding hydrogens is 603 g/mol. The van der Waals surface area contributed by atoms with Gasteiger partial charge in [-0.3, -0.25) is 14.9 Å². The predicted molar refractivity (Wildman–Crippen MR) is 139 cm³/mol. The standard InChI is InChI=1S/C19H14Cl2N8O6S3/c20-16-24-17(21)26-18(25-16)27-19-23-14(13-3-1-2-8-22-13)15(36-19)29-28-11-4-6-12(7-5-11)37(30,31)10-9-35-38(32,33)34/h1-8H,9-10H2,(H,32,33,34)(H,23,24,25,26,27). The summed E-state index contributed by atoms with van der Waals surface area (Å²) < 4.78 is 58.5. The number of azo groups is 1. The Morgan fingerprint density at radius 1 is 0.947 bits per heavy atom.